The van der Waals surface area contributed by atoms with Gasteiger partial charge in [-0.1, -0.05) is 25.0 Å². The number of aryl methyl sites for hydroxylation is 2. The Hall–Kier alpha value is -2.43. The van der Waals surface area contributed by atoms with Crippen molar-refractivity contribution in [2.75, 3.05) is 6.54 Å². The first-order valence-electron chi connectivity index (χ1n) is 8.74. The van der Waals surface area contributed by atoms with Gasteiger partial charge in [0.05, 0.1) is 6.04 Å². The molecule has 4 nitrogen and oxygen atoms in total. The van der Waals surface area contributed by atoms with E-state index in [0.717, 1.165) is 42.5 Å². The highest BCUT2D eigenvalue weighted by atomic mass is 19.1. The first-order valence-corrected chi connectivity index (χ1v) is 8.74. The summed E-state index contributed by atoms with van der Waals surface area (Å²) in [5.41, 5.74) is 2.22. The molecule has 0 saturated carbocycles. The molecule has 1 saturated heterocycles. The molecule has 0 radical (unpaired) electrons. The van der Waals surface area contributed by atoms with Crippen LogP contribution in [0.5, 0.6) is 0 Å². The zero-order chi connectivity index (χ0) is 18.0. The summed E-state index contributed by atoms with van der Waals surface area (Å²) in [6, 6.07) is 7.86. The Labute approximate surface area is 146 Å². The summed E-state index contributed by atoms with van der Waals surface area (Å²) in [6.07, 6.45) is 3.67. The number of halogens is 1. The molecule has 0 spiro atoms. The fraction of sp³-hybridized carbons (Fsp3) is 0.400. The number of nitrogens with one attached hydrogen (secondary N) is 1. The summed E-state index contributed by atoms with van der Waals surface area (Å²) in [5, 5.41) is 0. The van der Waals surface area contributed by atoms with Crippen LogP contribution in [0.25, 0.3) is 0 Å². The molecule has 3 rings (SSSR count). The van der Waals surface area contributed by atoms with E-state index in [1.807, 2.05) is 19.9 Å². The van der Waals surface area contributed by atoms with Gasteiger partial charge in [0.25, 0.3) is 11.5 Å². The SMILES string of the molecule is Cc1cc(C(=O)N2CCCCCC2c2cccc(F)c2)c(=O)[nH]c1C. The lowest BCUT2D eigenvalue weighted by Gasteiger charge is -2.30. The van der Waals surface area contributed by atoms with E-state index >= 15 is 0 Å². The minimum Gasteiger partial charge on any atom is -0.331 e. The fourth-order valence-electron chi connectivity index (χ4n) is 3.45. The number of amides is 1. The van der Waals surface area contributed by atoms with Gasteiger partial charge >= 0.3 is 0 Å². The number of hydrogen-bond donors (Lipinski definition) is 1. The second-order valence-electron chi connectivity index (χ2n) is 6.74. The topological polar surface area (TPSA) is 53.2 Å². The molecule has 1 aromatic heterocycles. The molecule has 132 valence electrons. The van der Waals surface area contributed by atoms with Crippen LogP contribution in [0.4, 0.5) is 4.39 Å². The number of nitrogens with zero attached hydrogens (tertiary/aromatic N) is 1. The van der Waals surface area contributed by atoms with Crippen LogP contribution in [-0.2, 0) is 0 Å². The maximum Gasteiger partial charge on any atom is 0.261 e. The monoisotopic (exact) mass is 342 g/mol. The lowest BCUT2D eigenvalue weighted by Crippen LogP contribution is -2.38. The number of rotatable bonds is 2. The number of hydrogen-bond acceptors (Lipinski definition) is 2. The van der Waals surface area contributed by atoms with Crippen molar-refractivity contribution in [2.24, 2.45) is 0 Å². The van der Waals surface area contributed by atoms with E-state index in [4.69, 9.17) is 0 Å². The highest BCUT2D eigenvalue weighted by molar-refractivity contribution is 5.94. The second-order valence-corrected chi connectivity index (χ2v) is 6.74. The average Bonchev–Trinajstić information content (AvgIpc) is 2.83. The Morgan fingerprint density at radius 1 is 1.20 bits per heavy atom. The van der Waals surface area contributed by atoms with E-state index in [2.05, 4.69) is 4.98 Å². The van der Waals surface area contributed by atoms with Crippen molar-refractivity contribution in [3.8, 4) is 0 Å². The van der Waals surface area contributed by atoms with E-state index in [0.29, 0.717) is 6.54 Å². The van der Waals surface area contributed by atoms with Crippen molar-refractivity contribution in [1.82, 2.24) is 9.88 Å². The number of aromatic nitrogens is 1. The normalized spacial score (nSPS) is 18.0. The number of pyridine rings is 1. The van der Waals surface area contributed by atoms with Crippen LogP contribution in [0.15, 0.2) is 35.1 Å². The predicted molar refractivity (Wildman–Crippen MR) is 95.2 cm³/mol. The minimum absolute atomic E-state index is 0.159. The van der Waals surface area contributed by atoms with Crippen LogP contribution in [-0.4, -0.2) is 22.3 Å². The van der Waals surface area contributed by atoms with Crippen LogP contribution in [0.3, 0.4) is 0 Å². The lowest BCUT2D eigenvalue weighted by molar-refractivity contribution is 0.0678. The number of carbonyl (C=O) groups excluding carboxylic acids is 1. The molecule has 1 aliphatic rings. The van der Waals surface area contributed by atoms with Crippen LogP contribution < -0.4 is 5.56 Å². The molecule has 1 N–H and O–H groups in total. The zero-order valence-corrected chi connectivity index (χ0v) is 14.6. The van der Waals surface area contributed by atoms with Crippen LogP contribution in [0.1, 0.15) is 58.9 Å². The number of H-pyrrole nitrogens is 1. The molecule has 0 aliphatic carbocycles. The van der Waals surface area contributed by atoms with Gasteiger partial charge in [-0.25, -0.2) is 4.39 Å². The second kappa shape index (κ2) is 7.21. The third-order valence-corrected chi connectivity index (χ3v) is 4.98. The van der Waals surface area contributed by atoms with Gasteiger partial charge in [-0.3, -0.25) is 9.59 Å². The Morgan fingerprint density at radius 2 is 2.00 bits per heavy atom. The summed E-state index contributed by atoms with van der Waals surface area (Å²) in [4.78, 5) is 29.9. The Balaban J connectivity index is 2.00. The largest absolute Gasteiger partial charge is 0.331 e. The van der Waals surface area contributed by atoms with Crippen LogP contribution >= 0.6 is 0 Å². The van der Waals surface area contributed by atoms with Crippen molar-refractivity contribution in [3.05, 3.63) is 68.9 Å². The first kappa shape index (κ1) is 17.4. The number of carbonyl (C=O) groups is 1. The Bertz CT molecular complexity index is 844. The molecule has 1 unspecified atom stereocenters. The highest BCUT2D eigenvalue weighted by Gasteiger charge is 2.29. The maximum atomic E-state index is 13.7. The molecule has 2 aromatic rings. The van der Waals surface area contributed by atoms with E-state index in [1.54, 1.807) is 17.0 Å². The summed E-state index contributed by atoms with van der Waals surface area (Å²) < 4.78 is 13.7. The summed E-state index contributed by atoms with van der Waals surface area (Å²) in [7, 11) is 0. The summed E-state index contributed by atoms with van der Waals surface area (Å²) in [5.74, 6) is -0.585. The molecular weight excluding hydrogens is 319 g/mol. The van der Waals surface area contributed by atoms with E-state index < -0.39 is 0 Å². The summed E-state index contributed by atoms with van der Waals surface area (Å²) >= 11 is 0. The lowest BCUT2D eigenvalue weighted by atomic mass is 10.00. The van der Waals surface area contributed by atoms with E-state index in [9.17, 15) is 14.0 Å². The standard InChI is InChI=1S/C20H23FN2O2/c1-13-11-17(19(24)22-14(13)2)20(25)23-10-5-3-4-9-18(23)15-7-6-8-16(21)12-15/h6-8,11-12,18H,3-5,9-10H2,1-2H3,(H,22,24). The van der Waals surface area contributed by atoms with Crippen molar-refractivity contribution >= 4 is 5.91 Å². The Morgan fingerprint density at radius 3 is 2.76 bits per heavy atom. The number of aromatic amines is 1. The Kier molecular flexibility index (Phi) is 5.02. The molecule has 1 fully saturated rings. The third kappa shape index (κ3) is 3.65. The fourth-order valence-corrected chi connectivity index (χ4v) is 3.45. The van der Waals surface area contributed by atoms with Crippen molar-refractivity contribution in [3.63, 3.8) is 0 Å². The van der Waals surface area contributed by atoms with Crippen LogP contribution in [0, 0.1) is 19.7 Å². The molecule has 25 heavy (non-hydrogen) atoms. The van der Waals surface area contributed by atoms with Gasteiger partial charge in [-0.15, -0.1) is 0 Å². The van der Waals surface area contributed by atoms with Crippen molar-refractivity contribution in [1.29, 1.82) is 0 Å². The van der Waals surface area contributed by atoms with Gasteiger partial charge in [0.2, 0.25) is 0 Å². The van der Waals surface area contributed by atoms with Crippen molar-refractivity contribution < 1.29 is 9.18 Å². The molecule has 2 heterocycles. The maximum absolute atomic E-state index is 13.7. The van der Waals surface area contributed by atoms with Crippen molar-refractivity contribution in [2.45, 2.75) is 45.6 Å². The molecular formula is C20H23FN2O2. The molecule has 1 aliphatic heterocycles. The third-order valence-electron chi connectivity index (χ3n) is 4.98. The highest BCUT2D eigenvalue weighted by Crippen LogP contribution is 2.31. The van der Waals surface area contributed by atoms with Gasteiger partial charge in [0.1, 0.15) is 11.4 Å². The number of benzene rings is 1. The smallest absolute Gasteiger partial charge is 0.261 e. The summed E-state index contributed by atoms with van der Waals surface area (Å²) in [6.45, 7) is 4.26. The van der Waals surface area contributed by atoms with Gasteiger partial charge in [0, 0.05) is 12.2 Å². The minimum atomic E-state index is -0.365. The predicted octanol–water partition coefficient (Wildman–Crippen LogP) is 3.89. The van der Waals surface area contributed by atoms with Gasteiger partial charge in [-0.05, 0) is 56.0 Å². The molecule has 1 aromatic carbocycles. The van der Waals surface area contributed by atoms with Gasteiger partial charge in [-0.2, -0.15) is 0 Å². The molecule has 1 atom stereocenters. The average molecular weight is 342 g/mol. The van der Waals surface area contributed by atoms with E-state index in [1.165, 1.54) is 12.1 Å². The van der Waals surface area contributed by atoms with Gasteiger partial charge < -0.3 is 9.88 Å². The molecule has 1 amide bonds. The first-order chi connectivity index (χ1) is 12.0. The van der Waals surface area contributed by atoms with E-state index in [-0.39, 0.29) is 28.9 Å². The van der Waals surface area contributed by atoms with Crippen LogP contribution in [0.2, 0.25) is 0 Å². The number of likely N-dealkylation sites (tertiary alicyclic amines) is 1. The molecule has 5 heteroatoms. The van der Waals surface area contributed by atoms with Gasteiger partial charge in [0.15, 0.2) is 0 Å². The molecule has 0 bridgehead atoms. The quantitative estimate of drug-likeness (QED) is 0.900. The zero-order valence-electron chi connectivity index (χ0n) is 14.6.